The smallest absolute Gasteiger partial charge is 1.00 e. The van der Waals surface area contributed by atoms with Gasteiger partial charge in [-0.15, -0.1) is 0 Å². The van der Waals surface area contributed by atoms with E-state index in [1.165, 1.54) is 0 Å². The van der Waals surface area contributed by atoms with E-state index in [0.717, 1.165) is 54.8 Å². The third-order valence-corrected chi connectivity index (χ3v) is 6.35. The van der Waals surface area contributed by atoms with E-state index in [4.69, 9.17) is 15.1 Å². The molecule has 0 aliphatic carbocycles. The van der Waals surface area contributed by atoms with E-state index in [2.05, 4.69) is 57.8 Å². The van der Waals surface area contributed by atoms with E-state index in [1.54, 1.807) is 43.7 Å². The Bertz CT molecular complexity index is 1750. The number of H-pyrrole nitrogens is 2. The number of hydrogen-bond acceptors (Lipinski definition) is 10. The van der Waals surface area contributed by atoms with Crippen molar-refractivity contribution in [1.29, 1.82) is 0 Å². The van der Waals surface area contributed by atoms with Crippen LogP contribution in [0.25, 0.3) is 33.1 Å². The first kappa shape index (κ1) is 40.5. The minimum Gasteiger partial charge on any atom is -1.00 e. The van der Waals surface area contributed by atoms with E-state index in [1.807, 2.05) is 48.5 Å². The molecule has 16 heteroatoms. The van der Waals surface area contributed by atoms with Gasteiger partial charge < -0.3 is 16.6 Å². The molecule has 0 bridgehead atoms. The maximum Gasteiger partial charge on any atom is 1.00 e. The van der Waals surface area contributed by atoms with Crippen LogP contribution in [0.4, 0.5) is 0 Å². The molecule has 0 aliphatic rings. The minimum absolute atomic E-state index is 0. The number of carbonyl (C=O) groups excluding carboxylic acids is 3. The predicted molar refractivity (Wildman–Crippen MR) is 165 cm³/mol. The Morgan fingerprint density at radius 3 is 2.02 bits per heavy atom. The molecule has 4 aromatic heterocycles. The topological polar surface area (TPSA) is 187 Å². The van der Waals surface area contributed by atoms with Gasteiger partial charge in [0.25, 0.3) is 6.47 Å². The fourth-order valence-electron chi connectivity index (χ4n) is 3.52. The Morgan fingerprint density at radius 2 is 1.50 bits per heavy atom. The Kier molecular flexibility index (Phi) is 20.3. The monoisotopic (exact) mass is 756 g/mol. The molecule has 0 radical (unpaired) electrons. The average molecular weight is 756 g/mol. The van der Waals surface area contributed by atoms with Crippen LogP contribution >= 0.6 is 22.6 Å². The molecule has 2 aromatic carbocycles. The van der Waals surface area contributed by atoms with Crippen molar-refractivity contribution in [3.05, 3.63) is 100 Å². The Hall–Kier alpha value is -1.52. The summed E-state index contributed by atoms with van der Waals surface area (Å²) < 4.78 is 0.964. The summed E-state index contributed by atoms with van der Waals surface area (Å²) in [4.78, 5) is 40.4. The molecule has 0 atom stereocenters. The van der Waals surface area contributed by atoms with Gasteiger partial charge in [-0.3, -0.25) is 34.5 Å². The zero-order valence-electron chi connectivity index (χ0n) is 25.0. The van der Waals surface area contributed by atoms with E-state index >= 15 is 0 Å². The third kappa shape index (κ3) is 12.3. The van der Waals surface area contributed by atoms with E-state index in [-0.39, 0.29) is 111 Å². The summed E-state index contributed by atoms with van der Waals surface area (Å²) in [5.41, 5.74) is 5.74. The second-order valence-corrected chi connectivity index (χ2v) is 9.40. The normalized spacial score (nSPS) is 9.27. The van der Waals surface area contributed by atoms with Crippen LogP contribution in [0.15, 0.2) is 85.5 Å². The molecule has 44 heavy (non-hydrogen) atoms. The average Bonchev–Trinajstić information content (AvgIpc) is 3.65. The van der Waals surface area contributed by atoms with Crippen molar-refractivity contribution < 1.29 is 134 Å². The zero-order chi connectivity index (χ0) is 30.3. The van der Waals surface area contributed by atoms with Gasteiger partial charge in [-0.25, -0.2) is 0 Å². The molecule has 0 spiro atoms. The number of pyridine rings is 2. The Morgan fingerprint density at radius 1 is 0.886 bits per heavy atom. The van der Waals surface area contributed by atoms with Gasteiger partial charge in [-0.2, -0.15) is 10.2 Å². The summed E-state index contributed by atoms with van der Waals surface area (Å²) in [5.74, 6) is 0. The maximum absolute atomic E-state index is 10.8. The quantitative estimate of drug-likeness (QED) is 0.0535. The van der Waals surface area contributed by atoms with Crippen LogP contribution in [-0.2, 0) is 9.68 Å². The number of benzene rings is 2. The van der Waals surface area contributed by atoms with Crippen molar-refractivity contribution in [2.24, 2.45) is 0 Å². The molecule has 0 saturated heterocycles. The fraction of sp³-hybridized carbons (Fsp3) is 0.0357. The molecule has 214 valence electrons. The number of aldehydes is 2. The molecule has 0 aliphatic heterocycles. The minimum atomic E-state index is -0.404. The van der Waals surface area contributed by atoms with Crippen LogP contribution < -0.4 is 113 Å². The van der Waals surface area contributed by atoms with Crippen molar-refractivity contribution in [1.82, 2.24) is 30.4 Å². The molecule has 0 amide bonds. The number of aromatic amines is 2. The van der Waals surface area contributed by atoms with E-state index in [9.17, 15) is 9.59 Å². The summed E-state index contributed by atoms with van der Waals surface area (Å²) >= 11 is 2.15. The van der Waals surface area contributed by atoms with Gasteiger partial charge in [-0.05, 0) is 82.7 Å². The molecule has 3 N–H and O–H groups in total. The Balaban J connectivity index is 0.000000614. The fourth-order valence-corrected chi connectivity index (χ4v) is 4.07. The first-order chi connectivity index (χ1) is 20.4. The van der Waals surface area contributed by atoms with E-state index in [0.29, 0.717) is 11.1 Å². The van der Waals surface area contributed by atoms with Gasteiger partial charge >= 0.3 is 110 Å². The number of halogens is 1. The molecule has 6 aromatic rings. The van der Waals surface area contributed by atoms with Gasteiger partial charge in [0.15, 0.2) is 0 Å². The van der Waals surface area contributed by atoms with Crippen molar-refractivity contribution in [2.75, 3.05) is 0 Å². The SMILES string of the molecule is CB(O)c1cccnc1.O=CO[O-].O=Cc1ccc2[nH]nc(-c3cccnc3)c2c1.O=Cc1ccc2n[nH]c(I)c2c1.[H-].[K+].[K+]. The predicted octanol–water partition coefficient (Wildman–Crippen LogP) is -3.13. The number of carbonyl (C=O) groups is 3. The van der Waals surface area contributed by atoms with Crippen LogP contribution in [0, 0.1) is 3.70 Å². The van der Waals surface area contributed by atoms with Crippen LogP contribution in [0.2, 0.25) is 6.82 Å². The number of hydrogen-bond donors (Lipinski definition) is 3. The number of rotatable bonds is 5. The van der Waals surface area contributed by atoms with Crippen molar-refractivity contribution >= 4 is 75.8 Å². The summed E-state index contributed by atoms with van der Waals surface area (Å²) in [6.45, 7) is 1.13. The molecule has 4 heterocycles. The van der Waals surface area contributed by atoms with Crippen LogP contribution in [-0.4, -0.2) is 61.3 Å². The van der Waals surface area contributed by atoms with Gasteiger partial charge in [-0.1, -0.05) is 12.9 Å². The van der Waals surface area contributed by atoms with Crippen molar-refractivity contribution in [2.45, 2.75) is 6.82 Å². The first-order valence-corrected chi connectivity index (χ1v) is 13.2. The molecule has 12 nitrogen and oxygen atoms in total. The molecule has 0 unspecified atom stereocenters. The van der Waals surface area contributed by atoms with E-state index < -0.39 is 6.92 Å². The maximum atomic E-state index is 10.8. The van der Waals surface area contributed by atoms with Gasteiger partial charge in [0, 0.05) is 52.3 Å². The third-order valence-electron chi connectivity index (χ3n) is 5.53. The summed E-state index contributed by atoms with van der Waals surface area (Å²) in [5, 5.41) is 33.4. The Labute approximate surface area is 352 Å². The number of fused-ring (bicyclic) bond motifs is 2. The van der Waals surface area contributed by atoms with Crippen molar-refractivity contribution in [3.63, 3.8) is 0 Å². The van der Waals surface area contributed by atoms with Crippen LogP contribution in [0.3, 0.4) is 0 Å². The van der Waals surface area contributed by atoms with Crippen LogP contribution in [0.1, 0.15) is 22.1 Å². The molecule has 0 fully saturated rings. The number of nitrogens with zero attached hydrogens (tertiary/aromatic N) is 4. The number of nitrogens with one attached hydrogen (secondary N) is 2. The van der Waals surface area contributed by atoms with Gasteiger partial charge in [0.1, 0.15) is 22.0 Å². The molecule has 0 saturated carbocycles. The summed E-state index contributed by atoms with van der Waals surface area (Å²) in [7, 11) is 0. The second-order valence-electron chi connectivity index (χ2n) is 8.32. The molecular formula is C28H24BIK2N6O6. The van der Waals surface area contributed by atoms with Crippen molar-refractivity contribution in [3.8, 4) is 11.3 Å². The van der Waals surface area contributed by atoms with Gasteiger partial charge in [0.05, 0.1) is 11.0 Å². The zero-order valence-corrected chi connectivity index (χ0v) is 32.5. The standard InChI is InChI=1S/C13H9N3O.C8H5IN2O.C6H8BNO.CH2O3.2K.H/c17-8-9-3-4-12-11(6-9)13(16-15-12)10-2-1-5-14-7-10;9-8-6-3-5(4-12)1-2-7(6)10-11-8;1-7(9)6-3-2-4-8-5-6;2-1-4-3;;;/h1-8H,(H,15,16);1-4H,(H,10,11);2-5,9H,1H3;1,3H;;;/q;;;;2*+1;-1/p-1. The summed E-state index contributed by atoms with van der Waals surface area (Å²) in [6.07, 6.45) is 8.48. The number of aromatic nitrogens is 6. The largest absolute Gasteiger partial charge is 1.00 e. The molecular weight excluding hydrogens is 732 g/mol. The molecule has 6 rings (SSSR count). The second kappa shape index (κ2) is 22.1. The van der Waals surface area contributed by atoms with Crippen LogP contribution in [0.5, 0.6) is 0 Å². The first-order valence-electron chi connectivity index (χ1n) is 12.1. The summed E-state index contributed by atoms with van der Waals surface area (Å²) in [6, 6.07) is 18.3. The van der Waals surface area contributed by atoms with Gasteiger partial charge in [0.2, 0.25) is 0 Å².